The molecule has 0 radical (unpaired) electrons. The second-order valence-electron chi connectivity index (χ2n) is 7.93. The molecule has 1 N–H and O–H groups in total. The molecule has 29 heavy (non-hydrogen) atoms. The highest BCUT2D eigenvalue weighted by molar-refractivity contribution is 5.85. The zero-order valence-electron chi connectivity index (χ0n) is 17.1. The molecule has 2 nitrogen and oxygen atoms in total. The molecule has 3 aromatic carbocycles. The van der Waals surface area contributed by atoms with Crippen molar-refractivity contribution >= 4 is 12.4 Å². The molecular formula is C26H30ClNO. The SMILES string of the molecule is Cc1cc(CN2CCCCC2)ccc1C(O)(c1ccccc1)c1ccccc1.Cl. The van der Waals surface area contributed by atoms with Gasteiger partial charge in [-0.15, -0.1) is 12.4 Å². The summed E-state index contributed by atoms with van der Waals surface area (Å²) in [6, 6.07) is 26.5. The minimum absolute atomic E-state index is 0. The molecule has 1 aliphatic rings. The highest BCUT2D eigenvalue weighted by atomic mass is 35.5. The maximum atomic E-state index is 12.0. The van der Waals surface area contributed by atoms with Gasteiger partial charge in [-0.2, -0.15) is 0 Å². The van der Waals surface area contributed by atoms with Gasteiger partial charge in [-0.1, -0.05) is 85.3 Å². The fourth-order valence-corrected chi connectivity index (χ4v) is 4.44. The predicted octanol–water partition coefficient (Wildman–Crippen LogP) is 5.69. The van der Waals surface area contributed by atoms with E-state index in [4.69, 9.17) is 0 Å². The molecule has 152 valence electrons. The smallest absolute Gasteiger partial charge is 0.140 e. The summed E-state index contributed by atoms with van der Waals surface area (Å²) in [4.78, 5) is 2.54. The second kappa shape index (κ2) is 9.58. The molecule has 0 unspecified atom stereocenters. The monoisotopic (exact) mass is 407 g/mol. The number of aryl methyl sites for hydroxylation is 1. The van der Waals surface area contributed by atoms with E-state index >= 15 is 0 Å². The van der Waals surface area contributed by atoms with Gasteiger partial charge in [0.1, 0.15) is 5.60 Å². The molecule has 0 spiro atoms. The Hall–Kier alpha value is -2.13. The van der Waals surface area contributed by atoms with Crippen LogP contribution in [-0.4, -0.2) is 23.1 Å². The molecule has 4 rings (SSSR count). The van der Waals surface area contributed by atoms with Crippen molar-refractivity contribution in [2.75, 3.05) is 13.1 Å². The molecule has 1 saturated heterocycles. The summed E-state index contributed by atoms with van der Waals surface area (Å²) in [5.41, 5.74) is 4.04. The first-order valence-electron chi connectivity index (χ1n) is 10.3. The Morgan fingerprint density at radius 3 is 1.86 bits per heavy atom. The summed E-state index contributed by atoms with van der Waals surface area (Å²) < 4.78 is 0. The molecule has 0 amide bonds. The summed E-state index contributed by atoms with van der Waals surface area (Å²) in [5, 5.41) is 12.0. The summed E-state index contributed by atoms with van der Waals surface area (Å²) in [6.07, 6.45) is 3.97. The van der Waals surface area contributed by atoms with E-state index in [0.717, 1.165) is 28.8 Å². The van der Waals surface area contributed by atoms with Crippen molar-refractivity contribution in [1.82, 2.24) is 4.90 Å². The van der Waals surface area contributed by atoms with E-state index in [-0.39, 0.29) is 12.4 Å². The minimum Gasteiger partial charge on any atom is -0.376 e. The van der Waals surface area contributed by atoms with Crippen LogP contribution in [0.15, 0.2) is 78.9 Å². The number of benzene rings is 3. The first kappa shape index (κ1) is 21.6. The quantitative estimate of drug-likeness (QED) is 0.549. The fourth-order valence-electron chi connectivity index (χ4n) is 4.44. The molecule has 1 aliphatic heterocycles. The van der Waals surface area contributed by atoms with Crippen LogP contribution in [0.1, 0.15) is 47.1 Å². The van der Waals surface area contributed by atoms with Crippen molar-refractivity contribution in [2.24, 2.45) is 0 Å². The first-order valence-corrected chi connectivity index (χ1v) is 10.3. The van der Waals surface area contributed by atoms with Gasteiger partial charge in [0.25, 0.3) is 0 Å². The van der Waals surface area contributed by atoms with Crippen LogP contribution in [0.3, 0.4) is 0 Å². The van der Waals surface area contributed by atoms with E-state index in [1.807, 2.05) is 60.7 Å². The molecule has 0 atom stereocenters. The molecule has 3 heteroatoms. The number of likely N-dealkylation sites (tertiary alicyclic amines) is 1. The van der Waals surface area contributed by atoms with Gasteiger partial charge in [0.15, 0.2) is 0 Å². The van der Waals surface area contributed by atoms with E-state index in [1.54, 1.807) is 0 Å². The van der Waals surface area contributed by atoms with Crippen molar-refractivity contribution in [1.29, 1.82) is 0 Å². The minimum atomic E-state index is -1.16. The number of halogens is 1. The van der Waals surface area contributed by atoms with Gasteiger partial charge in [-0.25, -0.2) is 0 Å². The van der Waals surface area contributed by atoms with Crippen LogP contribution in [0.2, 0.25) is 0 Å². The van der Waals surface area contributed by atoms with Crippen LogP contribution in [-0.2, 0) is 12.1 Å². The Morgan fingerprint density at radius 1 is 0.793 bits per heavy atom. The highest BCUT2D eigenvalue weighted by Gasteiger charge is 2.34. The number of piperidine rings is 1. The van der Waals surface area contributed by atoms with Crippen LogP contribution in [0, 0.1) is 6.92 Å². The van der Waals surface area contributed by atoms with E-state index in [2.05, 4.69) is 30.0 Å². The standard InChI is InChI=1S/C26H29NO.ClH/c1-21-19-22(20-27-17-9-4-10-18-27)15-16-25(21)26(28,23-11-5-2-6-12-23)24-13-7-3-8-14-24;/h2-3,5-8,11-16,19,28H,4,9-10,17-18,20H2,1H3;1H. The van der Waals surface area contributed by atoms with Crippen LogP contribution < -0.4 is 0 Å². The molecule has 1 heterocycles. The van der Waals surface area contributed by atoms with Gasteiger partial charge in [0.05, 0.1) is 0 Å². The van der Waals surface area contributed by atoms with Crippen LogP contribution in [0.25, 0.3) is 0 Å². The Kier molecular flexibility index (Phi) is 7.13. The molecular weight excluding hydrogens is 378 g/mol. The van der Waals surface area contributed by atoms with Gasteiger partial charge in [0.2, 0.25) is 0 Å². The van der Waals surface area contributed by atoms with Crippen LogP contribution >= 0.6 is 12.4 Å². The Labute approximate surface area is 180 Å². The maximum Gasteiger partial charge on any atom is 0.140 e. The Morgan fingerprint density at radius 2 is 1.34 bits per heavy atom. The number of rotatable bonds is 5. The number of nitrogens with zero attached hydrogens (tertiary/aromatic N) is 1. The summed E-state index contributed by atoms with van der Waals surface area (Å²) in [6.45, 7) is 5.50. The third kappa shape index (κ3) is 4.56. The zero-order valence-corrected chi connectivity index (χ0v) is 17.9. The van der Waals surface area contributed by atoms with Gasteiger partial charge in [0, 0.05) is 6.54 Å². The third-order valence-electron chi connectivity index (χ3n) is 5.92. The number of hydrogen-bond donors (Lipinski definition) is 1. The summed E-state index contributed by atoms with van der Waals surface area (Å²) in [5.74, 6) is 0. The molecule has 0 aromatic heterocycles. The topological polar surface area (TPSA) is 23.5 Å². The van der Waals surface area contributed by atoms with E-state index in [1.165, 1.54) is 37.9 Å². The van der Waals surface area contributed by atoms with Gasteiger partial charge in [-0.3, -0.25) is 4.90 Å². The van der Waals surface area contributed by atoms with Crippen molar-refractivity contribution in [2.45, 2.75) is 38.3 Å². The van der Waals surface area contributed by atoms with Crippen molar-refractivity contribution < 1.29 is 5.11 Å². The summed E-state index contributed by atoms with van der Waals surface area (Å²) in [7, 11) is 0. The van der Waals surface area contributed by atoms with Crippen LogP contribution in [0.5, 0.6) is 0 Å². The van der Waals surface area contributed by atoms with Crippen molar-refractivity contribution in [3.8, 4) is 0 Å². The molecule has 0 saturated carbocycles. The zero-order chi connectivity index (χ0) is 19.4. The largest absolute Gasteiger partial charge is 0.376 e. The number of aliphatic hydroxyl groups is 1. The molecule has 3 aromatic rings. The number of hydrogen-bond acceptors (Lipinski definition) is 2. The summed E-state index contributed by atoms with van der Waals surface area (Å²) >= 11 is 0. The second-order valence-corrected chi connectivity index (χ2v) is 7.93. The lowest BCUT2D eigenvalue weighted by Crippen LogP contribution is -2.31. The molecule has 0 bridgehead atoms. The molecule has 0 aliphatic carbocycles. The predicted molar refractivity (Wildman–Crippen MR) is 123 cm³/mol. The van der Waals surface area contributed by atoms with Gasteiger partial charge < -0.3 is 5.11 Å². The van der Waals surface area contributed by atoms with Crippen molar-refractivity contribution in [3.63, 3.8) is 0 Å². The lowest BCUT2D eigenvalue weighted by atomic mass is 9.78. The third-order valence-corrected chi connectivity index (χ3v) is 5.92. The highest BCUT2D eigenvalue weighted by Crippen LogP contribution is 2.38. The van der Waals surface area contributed by atoms with Crippen molar-refractivity contribution in [3.05, 3.63) is 107 Å². The van der Waals surface area contributed by atoms with Gasteiger partial charge >= 0.3 is 0 Å². The normalized spacial score (nSPS) is 15.0. The first-order chi connectivity index (χ1) is 13.7. The fraction of sp³-hybridized carbons (Fsp3) is 0.308. The lowest BCUT2D eigenvalue weighted by molar-refractivity contribution is 0.125. The lowest BCUT2D eigenvalue weighted by Gasteiger charge is -2.32. The van der Waals surface area contributed by atoms with Crippen LogP contribution in [0.4, 0.5) is 0 Å². The van der Waals surface area contributed by atoms with E-state index < -0.39 is 5.60 Å². The van der Waals surface area contributed by atoms with Gasteiger partial charge in [-0.05, 0) is 60.7 Å². The maximum absolute atomic E-state index is 12.0. The Balaban J connectivity index is 0.00000240. The van der Waals surface area contributed by atoms with E-state index in [9.17, 15) is 5.11 Å². The average Bonchev–Trinajstić information content (AvgIpc) is 2.75. The average molecular weight is 408 g/mol. The van der Waals surface area contributed by atoms with E-state index in [0.29, 0.717) is 0 Å². The Bertz CT molecular complexity index is 865. The molecule has 1 fully saturated rings.